The maximum absolute atomic E-state index is 15.9. The van der Waals surface area contributed by atoms with Gasteiger partial charge in [0.05, 0.1) is 32.6 Å². The van der Waals surface area contributed by atoms with Crippen molar-refractivity contribution in [1.29, 1.82) is 0 Å². The van der Waals surface area contributed by atoms with E-state index in [0.717, 1.165) is 16.0 Å². The van der Waals surface area contributed by atoms with Gasteiger partial charge in [-0.1, -0.05) is 12.1 Å². The molecule has 2 aliphatic rings. The fourth-order valence-electron chi connectivity index (χ4n) is 4.33. The Kier molecular flexibility index (Phi) is 3.21. The van der Waals surface area contributed by atoms with Crippen LogP contribution in [0.3, 0.4) is 0 Å². The average Bonchev–Trinajstić information content (AvgIpc) is 3.34. The number of rotatable bonds is 4. The van der Waals surface area contributed by atoms with Crippen LogP contribution in [0.25, 0.3) is 22.0 Å². The Morgan fingerprint density at radius 2 is 2.06 bits per heavy atom. The lowest BCUT2D eigenvalue weighted by Crippen LogP contribution is -2.38. The molecule has 0 spiro atoms. The fourth-order valence-corrected chi connectivity index (χ4v) is 4.33. The molecule has 7 heteroatoms. The van der Waals surface area contributed by atoms with Crippen molar-refractivity contribution in [3.05, 3.63) is 77.5 Å². The summed E-state index contributed by atoms with van der Waals surface area (Å²) in [6, 6.07) is 11.5. The van der Waals surface area contributed by atoms with Gasteiger partial charge in [-0.05, 0) is 47.9 Å². The van der Waals surface area contributed by atoms with Gasteiger partial charge in [0.25, 0.3) is 5.91 Å². The lowest BCUT2D eigenvalue weighted by molar-refractivity contribution is 0.0765. The third-order valence-electron chi connectivity index (χ3n) is 6.07. The van der Waals surface area contributed by atoms with E-state index in [9.17, 15) is 4.79 Å². The second kappa shape index (κ2) is 7.15. The van der Waals surface area contributed by atoms with Crippen molar-refractivity contribution in [2.75, 3.05) is 18.0 Å². The van der Waals surface area contributed by atoms with E-state index in [4.69, 9.17) is 6.85 Å². The van der Waals surface area contributed by atoms with E-state index in [1.54, 1.807) is 24.3 Å². The highest BCUT2D eigenvalue weighted by molar-refractivity contribution is 5.98. The molecule has 6 rings (SSSR count). The third kappa shape index (κ3) is 2.96. The highest BCUT2D eigenvalue weighted by Crippen LogP contribution is 2.37. The highest BCUT2D eigenvalue weighted by atomic mass is 19.1. The Bertz CT molecular complexity index is 1560. The van der Waals surface area contributed by atoms with Crippen LogP contribution >= 0.6 is 0 Å². The Labute approximate surface area is 191 Å². The monoisotopic (exact) mass is 432 g/mol. The summed E-state index contributed by atoms with van der Waals surface area (Å²) in [6.45, 7) is -3.47. The van der Waals surface area contributed by atoms with E-state index in [0.29, 0.717) is 40.8 Å². The molecule has 4 heterocycles. The molecule has 0 unspecified atom stereocenters. The normalized spacial score (nSPS) is 19.7. The largest absolute Gasteiger partial charge is 0.371 e. The van der Waals surface area contributed by atoms with Gasteiger partial charge < -0.3 is 9.80 Å². The molecule has 0 N–H and O–H groups in total. The fraction of sp³-hybridized carbons (Fsp3) is 0.240. The molecule has 1 fully saturated rings. The van der Waals surface area contributed by atoms with Gasteiger partial charge in [0.1, 0.15) is 5.82 Å². The first-order valence-electron chi connectivity index (χ1n) is 12.9. The van der Waals surface area contributed by atoms with E-state index in [1.807, 2.05) is 11.0 Å². The summed E-state index contributed by atoms with van der Waals surface area (Å²) in [4.78, 5) is 20.2. The molecule has 2 aromatic heterocycles. The molecular formula is C25H22FN5O. The standard InChI is InChI=1S/C25H22FN5O/c1-29-13-19-17(5-2-7-22(19)28-29)16-11-21(26)20(24(12-16)30-9-4-10-30)14-31-15-23-18(25(31)32)6-3-8-27-23/h2-3,5-8,11-13H,4,9-10,14-15H2,1H3/i1D3,15D2. The molecular weight excluding hydrogens is 405 g/mol. The van der Waals surface area contributed by atoms with E-state index in [-0.39, 0.29) is 23.4 Å². The van der Waals surface area contributed by atoms with Crippen LogP contribution in [0.4, 0.5) is 10.1 Å². The van der Waals surface area contributed by atoms with Crippen LogP contribution in [0.1, 0.15) is 34.9 Å². The number of anilines is 1. The molecule has 4 aromatic rings. The van der Waals surface area contributed by atoms with Crippen molar-refractivity contribution in [1.82, 2.24) is 19.7 Å². The van der Waals surface area contributed by atoms with Gasteiger partial charge in [-0.2, -0.15) is 5.10 Å². The number of nitrogens with zero attached hydrogens (tertiary/aromatic N) is 5. The van der Waals surface area contributed by atoms with E-state index in [1.165, 1.54) is 24.5 Å². The SMILES string of the molecule is [2H]C1([2H])c2ncccc2C(=O)N1Cc1c(F)cc(-c2cccc3nn(C([2H])([2H])[2H])cc23)cc1N1CCC1. The van der Waals surface area contributed by atoms with Crippen molar-refractivity contribution < 1.29 is 16.0 Å². The van der Waals surface area contributed by atoms with Gasteiger partial charge in [0.15, 0.2) is 0 Å². The third-order valence-corrected chi connectivity index (χ3v) is 6.07. The Morgan fingerprint density at radius 3 is 2.84 bits per heavy atom. The molecule has 0 saturated carbocycles. The summed E-state index contributed by atoms with van der Waals surface area (Å²) in [5.74, 6) is -1.11. The number of aryl methyl sites for hydroxylation is 1. The van der Waals surface area contributed by atoms with E-state index in [2.05, 4.69) is 10.1 Å². The molecule has 6 nitrogen and oxygen atoms in total. The van der Waals surface area contributed by atoms with Gasteiger partial charge >= 0.3 is 0 Å². The number of amides is 1. The van der Waals surface area contributed by atoms with Crippen LogP contribution in [-0.2, 0) is 20.0 Å². The van der Waals surface area contributed by atoms with Gasteiger partial charge in [-0.3, -0.25) is 14.5 Å². The summed E-state index contributed by atoms with van der Waals surface area (Å²) in [5.41, 5.74) is 2.65. The number of halogens is 1. The number of hydrogen-bond acceptors (Lipinski definition) is 4. The first-order chi connectivity index (χ1) is 17.6. The van der Waals surface area contributed by atoms with Gasteiger partial charge in [-0.25, -0.2) is 4.39 Å². The minimum absolute atomic E-state index is 0.0282. The highest BCUT2D eigenvalue weighted by Gasteiger charge is 2.31. The van der Waals surface area contributed by atoms with Gasteiger partial charge in [0, 0.05) is 53.2 Å². The summed E-state index contributed by atoms with van der Waals surface area (Å²) < 4.78 is 56.9. The van der Waals surface area contributed by atoms with Crippen LogP contribution in [0.2, 0.25) is 0 Å². The predicted octanol–water partition coefficient (Wildman–Crippen LogP) is 4.14. The van der Waals surface area contributed by atoms with Crippen molar-refractivity contribution in [3.63, 3.8) is 0 Å². The van der Waals surface area contributed by atoms with Crippen LogP contribution < -0.4 is 4.90 Å². The smallest absolute Gasteiger partial charge is 0.256 e. The second-order valence-corrected chi connectivity index (χ2v) is 8.01. The average molecular weight is 433 g/mol. The topological polar surface area (TPSA) is 54.3 Å². The maximum atomic E-state index is 15.9. The molecule has 0 bridgehead atoms. The number of aromatic nitrogens is 3. The predicted molar refractivity (Wildman–Crippen MR) is 121 cm³/mol. The van der Waals surface area contributed by atoms with Crippen molar-refractivity contribution in [2.24, 2.45) is 6.98 Å². The van der Waals surface area contributed by atoms with Crippen molar-refractivity contribution >= 4 is 22.5 Å². The lowest BCUT2D eigenvalue weighted by atomic mass is 9.97. The molecule has 160 valence electrons. The van der Waals surface area contributed by atoms with Crippen LogP contribution in [-0.4, -0.2) is 38.7 Å². The van der Waals surface area contributed by atoms with Crippen molar-refractivity contribution in [2.45, 2.75) is 19.5 Å². The van der Waals surface area contributed by atoms with Gasteiger partial charge in [-0.15, -0.1) is 0 Å². The summed E-state index contributed by atoms with van der Waals surface area (Å²) in [7, 11) is 0. The van der Waals surface area contributed by atoms with Gasteiger partial charge in [0.2, 0.25) is 0 Å². The summed E-state index contributed by atoms with van der Waals surface area (Å²) in [6.07, 6.45) is 3.81. The first kappa shape index (κ1) is 14.3. The summed E-state index contributed by atoms with van der Waals surface area (Å²) in [5, 5.41) is 4.74. The number of carbonyl (C=O) groups excluding carboxylic acids is 1. The zero-order valence-corrected chi connectivity index (χ0v) is 17.0. The number of hydrogen-bond donors (Lipinski definition) is 0. The molecule has 1 amide bonds. The minimum Gasteiger partial charge on any atom is -0.371 e. The van der Waals surface area contributed by atoms with Crippen LogP contribution in [0.5, 0.6) is 0 Å². The minimum atomic E-state index is -2.44. The first-order valence-corrected chi connectivity index (χ1v) is 10.4. The molecule has 0 atom stereocenters. The van der Waals surface area contributed by atoms with E-state index >= 15 is 4.39 Å². The zero-order chi connectivity index (χ0) is 26.1. The number of fused-ring (bicyclic) bond motifs is 2. The molecule has 1 saturated heterocycles. The quantitative estimate of drug-likeness (QED) is 0.486. The lowest BCUT2D eigenvalue weighted by Gasteiger charge is -2.36. The number of pyridine rings is 1. The van der Waals surface area contributed by atoms with Crippen LogP contribution in [0, 0.1) is 5.82 Å². The zero-order valence-electron chi connectivity index (χ0n) is 22.0. The Hall–Kier alpha value is -3.74. The molecule has 0 aliphatic carbocycles. The summed E-state index contributed by atoms with van der Waals surface area (Å²) >= 11 is 0. The Balaban J connectivity index is 1.45. The Morgan fingerprint density at radius 1 is 1.19 bits per heavy atom. The van der Waals surface area contributed by atoms with Crippen molar-refractivity contribution in [3.8, 4) is 11.1 Å². The second-order valence-electron chi connectivity index (χ2n) is 8.01. The number of benzene rings is 2. The maximum Gasteiger partial charge on any atom is 0.256 e. The molecule has 0 radical (unpaired) electrons. The molecule has 2 aliphatic heterocycles. The number of carbonyl (C=O) groups is 1. The van der Waals surface area contributed by atoms with E-state index < -0.39 is 25.2 Å². The molecule has 32 heavy (non-hydrogen) atoms. The molecule has 2 aromatic carbocycles. The van der Waals surface area contributed by atoms with Crippen LogP contribution in [0.15, 0.2) is 54.9 Å².